The van der Waals surface area contributed by atoms with Crippen LogP contribution in [0.15, 0.2) is 52.4 Å². The van der Waals surface area contributed by atoms with Gasteiger partial charge in [0.2, 0.25) is 0 Å². The molecule has 0 unspecified atom stereocenters. The molecule has 29 heavy (non-hydrogen) atoms. The molecular weight excluding hydrogens is 413 g/mol. The van der Waals surface area contributed by atoms with Gasteiger partial charge in [0.05, 0.1) is 37.2 Å². The van der Waals surface area contributed by atoms with Crippen LogP contribution in [0.5, 0.6) is 0 Å². The highest BCUT2D eigenvalue weighted by molar-refractivity contribution is 7.98. The summed E-state index contributed by atoms with van der Waals surface area (Å²) < 4.78 is 21.3. The van der Waals surface area contributed by atoms with Crippen LogP contribution in [0, 0.1) is 5.82 Å². The van der Waals surface area contributed by atoms with E-state index in [1.807, 2.05) is 18.2 Å². The Bertz CT molecular complexity index is 1050. The molecule has 0 atom stereocenters. The van der Waals surface area contributed by atoms with Crippen molar-refractivity contribution >= 4 is 34.3 Å². The van der Waals surface area contributed by atoms with Crippen molar-refractivity contribution in [2.24, 2.45) is 0 Å². The summed E-state index contributed by atoms with van der Waals surface area (Å²) in [6, 6.07) is 12.0. The molecule has 152 valence electrons. The van der Waals surface area contributed by atoms with Gasteiger partial charge in [0.25, 0.3) is 5.56 Å². The average Bonchev–Trinajstić information content (AvgIpc) is 2.74. The van der Waals surface area contributed by atoms with Gasteiger partial charge in [-0.25, -0.2) is 9.37 Å². The minimum Gasteiger partial charge on any atom is -0.370 e. The van der Waals surface area contributed by atoms with Crippen molar-refractivity contribution in [1.29, 1.82) is 0 Å². The molecule has 1 N–H and O–H groups in total. The largest absolute Gasteiger partial charge is 0.370 e. The second-order valence-corrected chi connectivity index (χ2v) is 8.32. The number of thioether (sulfide) groups is 1. The molecule has 8 heteroatoms. The van der Waals surface area contributed by atoms with E-state index in [9.17, 15) is 9.18 Å². The van der Waals surface area contributed by atoms with Crippen molar-refractivity contribution < 1.29 is 14.0 Å². The van der Waals surface area contributed by atoms with Crippen molar-refractivity contribution in [2.45, 2.75) is 17.5 Å². The summed E-state index contributed by atoms with van der Waals surface area (Å²) >= 11 is 7.50. The Morgan fingerprint density at radius 1 is 1.17 bits per heavy atom. The molecule has 1 aromatic heterocycles. The number of hydrogen-bond donors (Lipinski definition) is 1. The normalized spacial score (nSPS) is 15.1. The van der Waals surface area contributed by atoms with Crippen LogP contribution in [0.3, 0.4) is 0 Å². The molecule has 3 aromatic rings. The number of hydrogen-bond acceptors (Lipinski definition) is 4. The fourth-order valence-electron chi connectivity index (χ4n) is 3.44. The van der Waals surface area contributed by atoms with E-state index in [4.69, 9.17) is 21.3 Å². The third-order valence-corrected chi connectivity index (χ3v) is 6.48. The lowest BCUT2D eigenvalue weighted by atomic mass is 10.2. The van der Waals surface area contributed by atoms with E-state index in [2.05, 4.69) is 0 Å². The van der Waals surface area contributed by atoms with E-state index in [1.54, 1.807) is 22.8 Å². The van der Waals surface area contributed by atoms with Crippen molar-refractivity contribution in [2.75, 3.05) is 32.8 Å². The zero-order valence-electron chi connectivity index (χ0n) is 15.9. The molecule has 0 bridgehead atoms. The molecule has 0 amide bonds. The van der Waals surface area contributed by atoms with Crippen molar-refractivity contribution in [3.8, 4) is 0 Å². The fourth-order valence-corrected chi connectivity index (χ4v) is 4.81. The Labute approximate surface area is 177 Å². The molecular formula is C21H22ClFN3O2S+. The van der Waals surface area contributed by atoms with Crippen LogP contribution in [-0.2, 0) is 17.0 Å². The molecule has 1 fully saturated rings. The van der Waals surface area contributed by atoms with Crippen molar-refractivity contribution in [3.63, 3.8) is 0 Å². The predicted molar refractivity (Wildman–Crippen MR) is 113 cm³/mol. The Hall–Kier alpha value is -1.93. The van der Waals surface area contributed by atoms with Gasteiger partial charge in [-0.15, -0.1) is 0 Å². The van der Waals surface area contributed by atoms with Crippen LogP contribution in [-0.4, -0.2) is 42.4 Å². The molecule has 2 heterocycles. The summed E-state index contributed by atoms with van der Waals surface area (Å²) in [6.07, 6.45) is 0. The van der Waals surface area contributed by atoms with Crippen molar-refractivity contribution in [1.82, 2.24) is 9.55 Å². The van der Waals surface area contributed by atoms with Gasteiger partial charge in [0.15, 0.2) is 5.16 Å². The lowest BCUT2D eigenvalue weighted by Gasteiger charge is -2.24. The van der Waals surface area contributed by atoms with E-state index in [1.165, 1.54) is 22.7 Å². The maximum atomic E-state index is 14.2. The van der Waals surface area contributed by atoms with E-state index in [0.29, 0.717) is 38.9 Å². The van der Waals surface area contributed by atoms with Crippen LogP contribution in [0.1, 0.15) is 5.56 Å². The molecule has 4 rings (SSSR count). The maximum Gasteiger partial charge on any atom is 0.262 e. The van der Waals surface area contributed by atoms with Crippen LogP contribution < -0.4 is 10.5 Å². The SMILES string of the molecule is O=c1c2ccccc2nc(SCc2c(F)cccc2Cl)n1CC[NH+]1CCOCC1. The van der Waals surface area contributed by atoms with Gasteiger partial charge in [0.1, 0.15) is 18.9 Å². The summed E-state index contributed by atoms with van der Waals surface area (Å²) in [7, 11) is 0. The smallest absolute Gasteiger partial charge is 0.262 e. The molecule has 0 spiro atoms. The number of nitrogens with zero attached hydrogens (tertiary/aromatic N) is 2. The number of halogens is 2. The van der Waals surface area contributed by atoms with E-state index in [0.717, 1.165) is 32.8 Å². The third kappa shape index (κ3) is 4.64. The predicted octanol–water partition coefficient (Wildman–Crippen LogP) is 2.40. The van der Waals surface area contributed by atoms with Gasteiger partial charge < -0.3 is 9.64 Å². The van der Waals surface area contributed by atoms with Gasteiger partial charge >= 0.3 is 0 Å². The van der Waals surface area contributed by atoms with Gasteiger partial charge in [-0.1, -0.05) is 41.6 Å². The summed E-state index contributed by atoms with van der Waals surface area (Å²) in [6.45, 7) is 4.73. The quantitative estimate of drug-likeness (QED) is 0.478. The molecule has 0 aliphatic carbocycles. The molecule has 1 aliphatic rings. The number of fused-ring (bicyclic) bond motifs is 1. The van der Waals surface area contributed by atoms with Gasteiger partial charge in [-0.3, -0.25) is 9.36 Å². The number of morpholine rings is 1. The number of para-hydroxylation sites is 1. The van der Waals surface area contributed by atoms with E-state index >= 15 is 0 Å². The lowest BCUT2D eigenvalue weighted by molar-refractivity contribution is -0.908. The second kappa shape index (κ2) is 9.26. The van der Waals surface area contributed by atoms with E-state index in [-0.39, 0.29) is 11.4 Å². The summed E-state index contributed by atoms with van der Waals surface area (Å²) in [5, 5.41) is 1.56. The number of benzene rings is 2. The van der Waals surface area contributed by atoms with Crippen LogP contribution in [0.4, 0.5) is 4.39 Å². The van der Waals surface area contributed by atoms with Crippen molar-refractivity contribution in [3.05, 3.63) is 69.2 Å². The molecule has 2 aromatic carbocycles. The lowest BCUT2D eigenvalue weighted by Crippen LogP contribution is -3.14. The van der Waals surface area contributed by atoms with Gasteiger partial charge in [-0.2, -0.15) is 0 Å². The molecule has 5 nitrogen and oxygen atoms in total. The maximum absolute atomic E-state index is 14.2. The first-order chi connectivity index (χ1) is 14.1. The molecule has 0 radical (unpaired) electrons. The van der Waals surface area contributed by atoms with Gasteiger partial charge in [-0.05, 0) is 24.3 Å². The number of ether oxygens (including phenoxy) is 1. The third-order valence-electron chi connectivity index (χ3n) is 5.12. The number of nitrogens with one attached hydrogen (secondary N) is 1. The Balaban J connectivity index is 1.64. The highest BCUT2D eigenvalue weighted by Gasteiger charge is 2.18. The summed E-state index contributed by atoms with van der Waals surface area (Å²) in [5.41, 5.74) is 1.01. The highest BCUT2D eigenvalue weighted by atomic mass is 35.5. The topological polar surface area (TPSA) is 48.6 Å². The number of quaternary nitrogens is 1. The first kappa shape index (κ1) is 20.3. The first-order valence-electron chi connectivity index (χ1n) is 9.60. The average molecular weight is 435 g/mol. The monoisotopic (exact) mass is 434 g/mol. The molecule has 0 saturated carbocycles. The van der Waals surface area contributed by atoms with E-state index < -0.39 is 0 Å². The summed E-state index contributed by atoms with van der Waals surface area (Å²) in [5.74, 6) is -0.0433. The van der Waals surface area contributed by atoms with Gasteiger partial charge in [0, 0.05) is 16.3 Å². The second-order valence-electron chi connectivity index (χ2n) is 6.97. The minimum atomic E-state index is -0.350. The molecule has 1 saturated heterocycles. The number of aromatic nitrogens is 2. The van der Waals surface area contributed by atoms with Crippen LogP contribution >= 0.6 is 23.4 Å². The fraction of sp³-hybridized carbons (Fsp3) is 0.333. The molecule has 1 aliphatic heterocycles. The first-order valence-corrected chi connectivity index (χ1v) is 11.0. The Morgan fingerprint density at radius 2 is 1.97 bits per heavy atom. The van der Waals surface area contributed by atoms with Crippen LogP contribution in [0.25, 0.3) is 10.9 Å². The van der Waals surface area contributed by atoms with Crippen LogP contribution in [0.2, 0.25) is 5.02 Å². The number of rotatable bonds is 6. The summed E-state index contributed by atoms with van der Waals surface area (Å²) in [4.78, 5) is 19.3. The minimum absolute atomic E-state index is 0.0645. The standard InChI is InChI=1S/C21H21ClFN3O2S/c22-17-5-3-6-18(23)16(17)14-29-21-24-19-7-2-1-4-15(19)20(27)26(21)9-8-25-10-12-28-13-11-25/h1-7H,8-14H2/p+1. The Morgan fingerprint density at radius 3 is 2.76 bits per heavy atom. The zero-order chi connectivity index (χ0) is 20.2. The highest BCUT2D eigenvalue weighted by Crippen LogP contribution is 2.28. The Kier molecular flexibility index (Phi) is 6.50. The zero-order valence-corrected chi connectivity index (χ0v) is 17.4.